The summed E-state index contributed by atoms with van der Waals surface area (Å²) in [6, 6.07) is 18.8. The van der Waals surface area contributed by atoms with Crippen LogP contribution in [0.3, 0.4) is 0 Å². The maximum Gasteiger partial charge on any atom is 0.135 e. The smallest absolute Gasteiger partial charge is 0.135 e. The van der Waals surface area contributed by atoms with E-state index in [1.54, 1.807) is 0 Å². The van der Waals surface area contributed by atoms with Crippen molar-refractivity contribution in [2.45, 2.75) is 19.8 Å². The van der Waals surface area contributed by atoms with E-state index in [1.165, 1.54) is 17.4 Å². The molecular formula is C17H16O. The topological polar surface area (TPSA) is 13.1 Å². The molecule has 0 amide bonds. The maximum absolute atomic E-state index is 5.89. The third kappa shape index (κ3) is 2.04. The minimum absolute atomic E-state index is 0.944. The zero-order valence-corrected chi connectivity index (χ0v) is 10.5. The lowest BCUT2D eigenvalue weighted by Gasteiger charge is -1.96. The Balaban J connectivity index is 2.06. The van der Waals surface area contributed by atoms with E-state index < -0.39 is 0 Å². The minimum Gasteiger partial charge on any atom is -0.456 e. The first kappa shape index (κ1) is 11.1. The molecule has 90 valence electrons. The van der Waals surface area contributed by atoms with Crippen LogP contribution in [0.4, 0.5) is 0 Å². The van der Waals surface area contributed by atoms with Crippen LogP contribution in [-0.4, -0.2) is 0 Å². The second-order valence-corrected chi connectivity index (χ2v) is 4.60. The van der Waals surface area contributed by atoms with Crippen molar-refractivity contribution in [1.82, 2.24) is 0 Å². The van der Waals surface area contributed by atoms with Crippen LogP contribution in [0.5, 0.6) is 0 Å². The zero-order valence-electron chi connectivity index (χ0n) is 10.5. The van der Waals surface area contributed by atoms with Gasteiger partial charge in [-0.05, 0) is 30.2 Å². The largest absolute Gasteiger partial charge is 0.456 e. The Kier molecular flexibility index (Phi) is 2.89. The molecule has 1 nitrogen and oxygen atoms in total. The summed E-state index contributed by atoms with van der Waals surface area (Å²) in [7, 11) is 0. The fraction of sp³-hybridized carbons (Fsp3) is 0.176. The van der Waals surface area contributed by atoms with Crippen molar-refractivity contribution in [3.8, 4) is 11.3 Å². The van der Waals surface area contributed by atoms with Crippen LogP contribution in [0, 0.1) is 0 Å². The summed E-state index contributed by atoms with van der Waals surface area (Å²) in [5, 5.41) is 1.19. The molecule has 0 aliphatic rings. The molecule has 0 bridgehead atoms. The minimum atomic E-state index is 0.944. The van der Waals surface area contributed by atoms with Crippen molar-refractivity contribution in [1.29, 1.82) is 0 Å². The van der Waals surface area contributed by atoms with Gasteiger partial charge in [0.1, 0.15) is 11.3 Å². The van der Waals surface area contributed by atoms with Gasteiger partial charge in [0.2, 0.25) is 0 Å². The molecule has 0 N–H and O–H groups in total. The highest BCUT2D eigenvalue weighted by molar-refractivity contribution is 5.83. The van der Waals surface area contributed by atoms with Crippen molar-refractivity contribution < 1.29 is 4.42 Å². The summed E-state index contributed by atoms with van der Waals surface area (Å²) in [4.78, 5) is 0. The van der Waals surface area contributed by atoms with Gasteiger partial charge in [0, 0.05) is 10.9 Å². The molecular weight excluding hydrogens is 220 g/mol. The van der Waals surface area contributed by atoms with Crippen molar-refractivity contribution in [2.24, 2.45) is 0 Å². The Hall–Kier alpha value is -2.02. The average molecular weight is 236 g/mol. The van der Waals surface area contributed by atoms with Crippen molar-refractivity contribution in [3.63, 3.8) is 0 Å². The quantitative estimate of drug-likeness (QED) is 0.620. The van der Waals surface area contributed by atoms with E-state index in [0.29, 0.717) is 0 Å². The van der Waals surface area contributed by atoms with Crippen LogP contribution >= 0.6 is 0 Å². The summed E-state index contributed by atoms with van der Waals surface area (Å²) in [5.74, 6) is 0.944. The molecule has 0 unspecified atom stereocenters. The highest BCUT2D eigenvalue weighted by Gasteiger charge is 2.06. The normalized spacial score (nSPS) is 10.9. The lowest BCUT2D eigenvalue weighted by molar-refractivity contribution is 0.631. The van der Waals surface area contributed by atoms with Crippen LogP contribution in [-0.2, 0) is 6.42 Å². The monoisotopic (exact) mass is 236 g/mol. The molecule has 0 spiro atoms. The average Bonchev–Trinajstić information content (AvgIpc) is 2.83. The van der Waals surface area contributed by atoms with Crippen LogP contribution in [0.15, 0.2) is 59.0 Å². The first-order valence-corrected chi connectivity index (χ1v) is 6.44. The number of fused-ring (bicyclic) bond motifs is 1. The molecule has 3 aromatic rings. The molecule has 1 heteroatoms. The van der Waals surface area contributed by atoms with Gasteiger partial charge in [-0.15, -0.1) is 0 Å². The molecule has 0 saturated heterocycles. The lowest BCUT2D eigenvalue weighted by Crippen LogP contribution is -1.80. The van der Waals surface area contributed by atoms with E-state index in [4.69, 9.17) is 4.42 Å². The van der Waals surface area contributed by atoms with Gasteiger partial charge in [0.05, 0.1) is 0 Å². The number of benzene rings is 2. The molecule has 0 fully saturated rings. The first-order chi connectivity index (χ1) is 8.86. The van der Waals surface area contributed by atoms with E-state index in [1.807, 2.05) is 18.2 Å². The lowest BCUT2D eigenvalue weighted by atomic mass is 10.1. The standard InChI is InChI=1S/C17H16O/c1-2-6-13-9-10-16-15(11-13)12-17(18-16)14-7-4-3-5-8-14/h3-5,7-12H,2,6H2,1H3. The fourth-order valence-corrected chi connectivity index (χ4v) is 2.28. The van der Waals surface area contributed by atoms with Crippen molar-refractivity contribution in [2.75, 3.05) is 0 Å². The van der Waals surface area contributed by atoms with Gasteiger partial charge in [0.25, 0.3) is 0 Å². The molecule has 0 saturated carbocycles. The van der Waals surface area contributed by atoms with Crippen LogP contribution < -0.4 is 0 Å². The third-order valence-electron chi connectivity index (χ3n) is 3.18. The van der Waals surface area contributed by atoms with E-state index >= 15 is 0 Å². The first-order valence-electron chi connectivity index (χ1n) is 6.44. The summed E-state index contributed by atoms with van der Waals surface area (Å²) >= 11 is 0. The van der Waals surface area contributed by atoms with Gasteiger partial charge in [-0.3, -0.25) is 0 Å². The number of furan rings is 1. The highest BCUT2D eigenvalue weighted by atomic mass is 16.3. The molecule has 18 heavy (non-hydrogen) atoms. The van der Waals surface area contributed by atoms with E-state index in [9.17, 15) is 0 Å². The van der Waals surface area contributed by atoms with E-state index in [2.05, 4.69) is 43.3 Å². The van der Waals surface area contributed by atoms with E-state index in [0.717, 1.165) is 23.3 Å². The summed E-state index contributed by atoms with van der Waals surface area (Å²) in [6.45, 7) is 2.20. The number of rotatable bonds is 3. The summed E-state index contributed by atoms with van der Waals surface area (Å²) in [6.07, 6.45) is 2.30. The Morgan fingerprint density at radius 3 is 2.56 bits per heavy atom. The van der Waals surface area contributed by atoms with Gasteiger partial charge in [-0.2, -0.15) is 0 Å². The number of hydrogen-bond acceptors (Lipinski definition) is 1. The molecule has 2 aromatic carbocycles. The van der Waals surface area contributed by atoms with Crippen LogP contribution in [0.25, 0.3) is 22.3 Å². The van der Waals surface area contributed by atoms with Gasteiger partial charge >= 0.3 is 0 Å². The molecule has 1 aromatic heterocycles. The third-order valence-corrected chi connectivity index (χ3v) is 3.18. The predicted octanol–water partition coefficient (Wildman–Crippen LogP) is 5.05. The second kappa shape index (κ2) is 4.69. The Labute approximate surface area is 107 Å². The second-order valence-electron chi connectivity index (χ2n) is 4.60. The summed E-state index contributed by atoms with van der Waals surface area (Å²) in [5.41, 5.74) is 3.48. The molecule has 1 heterocycles. The molecule has 0 radical (unpaired) electrons. The van der Waals surface area contributed by atoms with Crippen LogP contribution in [0.1, 0.15) is 18.9 Å². The summed E-state index contributed by atoms with van der Waals surface area (Å²) < 4.78 is 5.89. The molecule has 0 aliphatic carbocycles. The highest BCUT2D eigenvalue weighted by Crippen LogP contribution is 2.28. The maximum atomic E-state index is 5.89. The Morgan fingerprint density at radius 1 is 0.944 bits per heavy atom. The predicted molar refractivity (Wildman–Crippen MR) is 75.6 cm³/mol. The van der Waals surface area contributed by atoms with Gasteiger partial charge in [-0.1, -0.05) is 49.7 Å². The molecule has 0 atom stereocenters. The van der Waals surface area contributed by atoms with Crippen LogP contribution in [0.2, 0.25) is 0 Å². The number of aryl methyl sites for hydroxylation is 1. The SMILES string of the molecule is CCCc1ccc2oc(-c3ccccc3)cc2c1. The van der Waals surface area contributed by atoms with Gasteiger partial charge < -0.3 is 4.42 Å². The van der Waals surface area contributed by atoms with E-state index in [-0.39, 0.29) is 0 Å². The van der Waals surface area contributed by atoms with Gasteiger partial charge in [0.15, 0.2) is 0 Å². The van der Waals surface area contributed by atoms with Crippen molar-refractivity contribution >= 4 is 11.0 Å². The Morgan fingerprint density at radius 2 is 1.78 bits per heavy atom. The molecule has 3 rings (SSSR count). The Bertz CT molecular complexity index is 650. The number of hydrogen-bond donors (Lipinski definition) is 0. The zero-order chi connectivity index (χ0) is 12.4. The van der Waals surface area contributed by atoms with Crippen molar-refractivity contribution in [3.05, 3.63) is 60.2 Å². The van der Waals surface area contributed by atoms with Gasteiger partial charge in [-0.25, -0.2) is 0 Å². The molecule has 0 aliphatic heterocycles. The fourth-order valence-electron chi connectivity index (χ4n) is 2.28.